The van der Waals surface area contributed by atoms with Crippen molar-refractivity contribution in [3.05, 3.63) is 0 Å². The number of carboxylic acids is 6. The molecule has 0 rings (SSSR count). The molecule has 0 aromatic rings. The van der Waals surface area contributed by atoms with Crippen molar-refractivity contribution >= 4 is 96.6 Å². The minimum Gasteiger partial charge on any atom is -0.550 e. The average molecular weight is 523 g/mol. The zero-order chi connectivity index (χ0) is 22.3. The largest absolute Gasteiger partial charge is 2.00 e. The first-order valence-corrected chi connectivity index (χ1v) is 6.38. The van der Waals surface area contributed by atoms with Crippen LogP contribution in [-0.4, -0.2) is 130 Å². The molecule has 0 heterocycles. The molecule has 0 spiro atoms. The number of carbonyl (C=O) groups is 6. The fourth-order valence-electron chi connectivity index (χ4n) is 0.724. The molecule has 3 N–H and O–H groups in total. The van der Waals surface area contributed by atoms with E-state index in [1.54, 1.807) is 0 Å². The second kappa shape index (κ2) is 29.4. The Hall–Kier alpha value is 1.36. The van der Waals surface area contributed by atoms with Crippen molar-refractivity contribution in [1.82, 2.24) is 0 Å². The van der Waals surface area contributed by atoms with E-state index in [0.717, 1.165) is 0 Å². The van der Waals surface area contributed by atoms with E-state index in [-0.39, 0.29) is 142 Å². The van der Waals surface area contributed by atoms with Crippen molar-refractivity contribution in [3.8, 4) is 0 Å². The first-order chi connectivity index (χ1) is 12.1. The van der Waals surface area contributed by atoms with E-state index >= 15 is 0 Å². The summed E-state index contributed by atoms with van der Waals surface area (Å²) in [7, 11) is 0. The van der Waals surface area contributed by atoms with E-state index < -0.39 is 73.4 Å². The Morgan fingerprint density at radius 3 is 0.710 bits per heavy atom. The summed E-state index contributed by atoms with van der Waals surface area (Å²) in [5.74, 6) is -10.3. The molecule has 0 saturated heterocycles. The van der Waals surface area contributed by atoms with Crippen molar-refractivity contribution in [2.24, 2.45) is 0 Å². The van der Waals surface area contributed by atoms with Gasteiger partial charge >= 0.3 is 142 Å². The zero-order valence-corrected chi connectivity index (χ0v) is 25.3. The summed E-state index contributed by atoms with van der Waals surface area (Å²) in [5.41, 5.74) is 0. The summed E-state index contributed by atoms with van der Waals surface area (Å²) in [6.45, 7) is 0. The summed E-state index contributed by atoms with van der Waals surface area (Å²) in [6.07, 6.45) is -8.67. The second-order valence-electron chi connectivity index (χ2n) is 4.23. The number of carboxylic acid groups (broad SMARTS) is 6. The predicted octanol–water partition coefficient (Wildman–Crippen LogP) is -18.0. The van der Waals surface area contributed by atoms with E-state index in [2.05, 4.69) is 0 Å². The van der Waals surface area contributed by atoms with Crippen LogP contribution in [0.3, 0.4) is 0 Å². The number of aliphatic hydroxyl groups is 3. The summed E-state index contributed by atoms with van der Waals surface area (Å²) in [6, 6.07) is 0. The number of hydrogen-bond donors (Lipinski definition) is 3. The molecule has 3 atom stereocenters. The molecule has 0 aromatic carbocycles. The maximum Gasteiger partial charge on any atom is 2.00 e. The van der Waals surface area contributed by atoms with E-state index in [9.17, 15) is 59.4 Å². The van der Waals surface area contributed by atoms with Gasteiger partial charge in [0.1, 0.15) is 0 Å². The average Bonchev–Trinajstić information content (AvgIpc) is 2.46. The van der Waals surface area contributed by atoms with Crippen LogP contribution in [0.25, 0.3) is 0 Å². The van der Waals surface area contributed by atoms with Gasteiger partial charge in [-0.1, -0.05) is 0 Å². The zero-order valence-electron chi connectivity index (χ0n) is 16.5. The number of aliphatic hydroxyl groups excluding tert-OH is 3. The summed E-state index contributed by atoms with van der Waals surface area (Å²) >= 11 is 0. The van der Waals surface area contributed by atoms with Gasteiger partial charge in [0, 0.05) is 37.2 Å². The van der Waals surface area contributed by atoms with Gasteiger partial charge in [-0.25, -0.2) is 0 Å². The van der Waals surface area contributed by atoms with Crippen LogP contribution in [0.2, 0.25) is 0 Å². The summed E-state index contributed by atoms with van der Waals surface area (Å²) < 4.78 is 0. The Kier molecular flexibility index (Phi) is 46.9. The molecule has 0 aromatic heterocycles. The van der Waals surface area contributed by atoms with Crippen molar-refractivity contribution in [1.29, 1.82) is 0 Å². The number of aliphatic carboxylic acids is 6. The molecule has 0 fully saturated rings. The predicted molar refractivity (Wildman–Crippen MR) is 73.4 cm³/mol. The molecule has 0 aliphatic carbocycles. The molecule has 0 aliphatic heterocycles. The molecule has 156 valence electrons. The molecule has 0 saturated carbocycles. The smallest absolute Gasteiger partial charge is 0.550 e. The number of rotatable bonds is 9. The molecule has 0 bridgehead atoms. The summed E-state index contributed by atoms with van der Waals surface area (Å²) in [5, 5.41) is 82.0. The van der Waals surface area contributed by atoms with Gasteiger partial charge in [-0.05, 0) is 0 Å². The normalized spacial score (nSPS) is 10.9. The first-order valence-electron chi connectivity index (χ1n) is 6.38. The quantitative estimate of drug-likeness (QED) is 0.237. The van der Waals surface area contributed by atoms with Crippen LogP contribution in [-0.2, 0) is 28.8 Å². The summed E-state index contributed by atoms with van der Waals surface area (Å²) in [4.78, 5) is 57.4. The van der Waals surface area contributed by atoms with Crippen LogP contribution in [0.1, 0.15) is 19.3 Å². The van der Waals surface area contributed by atoms with Crippen molar-refractivity contribution in [2.75, 3.05) is 0 Å². The van der Waals surface area contributed by atoms with Gasteiger partial charge in [-0.3, -0.25) is 0 Å². The molecular formula is C12H12CaKMgNaO15. The molecule has 0 aliphatic rings. The van der Waals surface area contributed by atoms with Crippen LogP contribution in [0.4, 0.5) is 0 Å². The van der Waals surface area contributed by atoms with E-state index in [1.807, 2.05) is 0 Å². The van der Waals surface area contributed by atoms with Gasteiger partial charge in [0.05, 0.1) is 36.2 Å². The third-order valence-electron chi connectivity index (χ3n) is 1.90. The van der Waals surface area contributed by atoms with E-state index in [0.29, 0.717) is 0 Å². The molecule has 15 nitrogen and oxygen atoms in total. The van der Waals surface area contributed by atoms with Crippen LogP contribution >= 0.6 is 0 Å². The Labute approximate surface area is 285 Å². The minimum absolute atomic E-state index is 0. The maximum atomic E-state index is 9.58. The third-order valence-corrected chi connectivity index (χ3v) is 1.90. The minimum atomic E-state index is -1.96. The molecule has 3 unspecified atom stereocenters. The fraction of sp³-hybridized carbons (Fsp3) is 0.500. The fourth-order valence-corrected chi connectivity index (χ4v) is 0.724. The topological polar surface area (TPSA) is 301 Å². The first kappa shape index (κ1) is 49.5. The Bertz CT molecular complexity index is 488. The van der Waals surface area contributed by atoms with Crippen LogP contribution in [0.5, 0.6) is 0 Å². The van der Waals surface area contributed by atoms with Gasteiger partial charge in [-0.2, -0.15) is 0 Å². The Balaban J connectivity index is -0.0000000524. The molecule has 19 heteroatoms. The Morgan fingerprint density at radius 2 is 0.677 bits per heavy atom. The van der Waals surface area contributed by atoms with E-state index in [1.165, 1.54) is 0 Å². The number of carbonyl (C=O) groups excluding carboxylic acids is 6. The van der Waals surface area contributed by atoms with Crippen molar-refractivity contribution in [2.45, 2.75) is 37.6 Å². The van der Waals surface area contributed by atoms with Gasteiger partial charge in [0.2, 0.25) is 0 Å². The van der Waals surface area contributed by atoms with Gasteiger partial charge in [0.25, 0.3) is 0 Å². The SMILES string of the molecule is O=C([O-])CC(O)C(=O)[O-].O=C([O-])CC(O)C(=O)[O-].O=C([O-])CC(O)C(=O)[O-].[Ca+2].[K+].[Mg+2].[Na+]. The maximum absolute atomic E-state index is 9.58. The second-order valence-corrected chi connectivity index (χ2v) is 4.23. The van der Waals surface area contributed by atoms with E-state index in [4.69, 9.17) is 15.3 Å². The van der Waals surface area contributed by atoms with Crippen molar-refractivity contribution in [3.63, 3.8) is 0 Å². The number of hydrogen-bond acceptors (Lipinski definition) is 15. The third kappa shape index (κ3) is 42.0. The van der Waals surface area contributed by atoms with Gasteiger partial charge in [0.15, 0.2) is 0 Å². The monoisotopic (exact) mass is 522 g/mol. The van der Waals surface area contributed by atoms with Gasteiger partial charge < -0.3 is 74.7 Å². The molecule has 0 amide bonds. The van der Waals surface area contributed by atoms with Gasteiger partial charge in [-0.15, -0.1) is 0 Å². The molecule has 0 radical (unpaired) electrons. The molecule has 31 heavy (non-hydrogen) atoms. The van der Waals surface area contributed by atoms with Crippen LogP contribution in [0.15, 0.2) is 0 Å². The Morgan fingerprint density at radius 1 is 0.548 bits per heavy atom. The molecular weight excluding hydrogens is 511 g/mol. The van der Waals surface area contributed by atoms with Crippen molar-refractivity contribution < 1.29 is 156 Å². The van der Waals surface area contributed by atoms with Crippen LogP contribution in [0, 0.1) is 0 Å². The van der Waals surface area contributed by atoms with Crippen LogP contribution < -0.4 is 112 Å². The standard InChI is InChI=1S/3C4H6O5.Ca.K.Mg.Na/c3*5-2(4(8)9)1-3(6)7;;;;/h3*2,5H,1H2,(H,6,7)(H,8,9);;;;/q;;;+2;+1;+2;+1/p-6.